The second kappa shape index (κ2) is 6.95. The molecule has 0 bridgehead atoms. The van der Waals surface area contributed by atoms with Gasteiger partial charge in [0.15, 0.2) is 0 Å². The molecule has 0 aromatic carbocycles. The first-order valence-corrected chi connectivity index (χ1v) is 5.65. The molecule has 0 fully saturated rings. The van der Waals surface area contributed by atoms with Crippen LogP contribution in [0.25, 0.3) is 0 Å². The molecular formula is C12H19N3O. The first-order chi connectivity index (χ1) is 7.74. The second-order valence-corrected chi connectivity index (χ2v) is 3.89. The van der Waals surface area contributed by atoms with Gasteiger partial charge in [-0.2, -0.15) is 0 Å². The zero-order chi connectivity index (χ0) is 11.8. The van der Waals surface area contributed by atoms with Gasteiger partial charge in [-0.1, -0.05) is 26.3 Å². The van der Waals surface area contributed by atoms with E-state index in [1.165, 1.54) is 0 Å². The van der Waals surface area contributed by atoms with Crippen molar-refractivity contribution in [2.75, 3.05) is 0 Å². The summed E-state index contributed by atoms with van der Waals surface area (Å²) in [5.74, 6) is 0.108. The van der Waals surface area contributed by atoms with Gasteiger partial charge in [0, 0.05) is 24.9 Å². The summed E-state index contributed by atoms with van der Waals surface area (Å²) in [6.07, 6.45) is 5.44. The summed E-state index contributed by atoms with van der Waals surface area (Å²) in [6, 6.07) is 3.83. The topological polar surface area (TPSA) is 54.0 Å². The normalized spacial score (nSPS) is 12.1. The largest absolute Gasteiger partial charge is 0.291 e. The number of carbonyl (C=O) groups is 1. The zero-order valence-electron chi connectivity index (χ0n) is 9.86. The van der Waals surface area contributed by atoms with Gasteiger partial charge in [-0.3, -0.25) is 15.2 Å². The van der Waals surface area contributed by atoms with Crippen LogP contribution in [0, 0.1) is 5.92 Å². The monoisotopic (exact) mass is 221 g/mol. The smallest absolute Gasteiger partial charge is 0.236 e. The Balaban J connectivity index is 2.23. The molecule has 0 aliphatic carbocycles. The van der Waals surface area contributed by atoms with Crippen molar-refractivity contribution < 1.29 is 4.79 Å². The molecule has 0 aliphatic heterocycles. The van der Waals surface area contributed by atoms with Crippen molar-refractivity contribution in [1.82, 2.24) is 15.8 Å². The number of nitrogens with zero attached hydrogens (tertiary/aromatic N) is 1. The van der Waals surface area contributed by atoms with Gasteiger partial charge in [-0.25, -0.2) is 5.43 Å². The quantitative estimate of drug-likeness (QED) is 0.718. The van der Waals surface area contributed by atoms with E-state index >= 15 is 0 Å². The molecule has 1 rings (SSSR count). The average molecular weight is 221 g/mol. The van der Waals surface area contributed by atoms with Crippen LogP contribution in [-0.4, -0.2) is 10.9 Å². The summed E-state index contributed by atoms with van der Waals surface area (Å²) in [4.78, 5) is 15.5. The molecule has 0 aliphatic rings. The molecule has 0 saturated heterocycles. The molecule has 0 radical (unpaired) electrons. The van der Waals surface area contributed by atoms with Gasteiger partial charge in [-0.15, -0.1) is 0 Å². The van der Waals surface area contributed by atoms with Gasteiger partial charge >= 0.3 is 0 Å². The van der Waals surface area contributed by atoms with Gasteiger partial charge in [0.25, 0.3) is 0 Å². The van der Waals surface area contributed by atoms with Crippen LogP contribution in [0.15, 0.2) is 24.5 Å². The number of pyridine rings is 1. The number of amides is 1. The van der Waals surface area contributed by atoms with Gasteiger partial charge in [0.1, 0.15) is 0 Å². The molecule has 88 valence electrons. The van der Waals surface area contributed by atoms with E-state index in [4.69, 9.17) is 0 Å². The van der Waals surface area contributed by atoms with Gasteiger partial charge in [-0.05, 0) is 18.1 Å². The van der Waals surface area contributed by atoms with E-state index in [2.05, 4.69) is 22.8 Å². The van der Waals surface area contributed by atoms with Crippen LogP contribution in [0.5, 0.6) is 0 Å². The summed E-state index contributed by atoms with van der Waals surface area (Å²) in [5.41, 5.74) is 6.65. The third-order valence-electron chi connectivity index (χ3n) is 2.40. The number of hydrogen-bond donors (Lipinski definition) is 2. The highest BCUT2D eigenvalue weighted by Gasteiger charge is 2.10. The highest BCUT2D eigenvalue weighted by atomic mass is 16.2. The molecule has 1 amide bonds. The Morgan fingerprint density at radius 3 is 3.00 bits per heavy atom. The second-order valence-electron chi connectivity index (χ2n) is 3.89. The van der Waals surface area contributed by atoms with Crippen LogP contribution in [0.1, 0.15) is 32.3 Å². The Labute approximate surface area is 96.4 Å². The summed E-state index contributed by atoms with van der Waals surface area (Å²) in [5, 5.41) is 0. The Bertz CT molecular complexity index is 313. The lowest BCUT2D eigenvalue weighted by Crippen LogP contribution is -2.40. The minimum atomic E-state index is 0.0470. The van der Waals surface area contributed by atoms with Crippen molar-refractivity contribution in [1.29, 1.82) is 0 Å². The molecular weight excluding hydrogens is 202 g/mol. The predicted octanol–water partition coefficient (Wildman–Crippen LogP) is 1.64. The van der Waals surface area contributed by atoms with E-state index < -0.39 is 0 Å². The Hall–Kier alpha value is -1.42. The van der Waals surface area contributed by atoms with E-state index in [-0.39, 0.29) is 11.8 Å². The molecule has 0 saturated carbocycles. The van der Waals surface area contributed by atoms with E-state index in [0.29, 0.717) is 6.54 Å². The molecule has 1 heterocycles. The lowest BCUT2D eigenvalue weighted by atomic mass is 10.1. The van der Waals surface area contributed by atoms with Crippen LogP contribution in [0.3, 0.4) is 0 Å². The van der Waals surface area contributed by atoms with E-state index in [1.807, 2.05) is 19.1 Å². The summed E-state index contributed by atoms with van der Waals surface area (Å²) >= 11 is 0. The maximum atomic E-state index is 11.5. The minimum absolute atomic E-state index is 0.0470. The molecule has 4 nitrogen and oxygen atoms in total. The van der Waals surface area contributed by atoms with Gasteiger partial charge < -0.3 is 0 Å². The molecule has 0 spiro atoms. The molecule has 16 heavy (non-hydrogen) atoms. The maximum absolute atomic E-state index is 11.5. The fourth-order valence-electron chi connectivity index (χ4n) is 1.42. The fraction of sp³-hybridized carbons (Fsp3) is 0.500. The lowest BCUT2D eigenvalue weighted by Gasteiger charge is -2.11. The van der Waals surface area contributed by atoms with Crippen LogP contribution in [-0.2, 0) is 11.3 Å². The molecule has 4 heteroatoms. The highest BCUT2D eigenvalue weighted by molar-refractivity contribution is 5.77. The number of rotatable bonds is 6. The first-order valence-electron chi connectivity index (χ1n) is 5.65. The fourth-order valence-corrected chi connectivity index (χ4v) is 1.42. The number of hydrogen-bond acceptors (Lipinski definition) is 3. The average Bonchev–Trinajstić information content (AvgIpc) is 2.30. The number of nitrogens with one attached hydrogen (secondary N) is 2. The van der Waals surface area contributed by atoms with Gasteiger partial charge in [0.05, 0.1) is 0 Å². The van der Waals surface area contributed by atoms with Crippen molar-refractivity contribution >= 4 is 5.91 Å². The Morgan fingerprint density at radius 1 is 1.56 bits per heavy atom. The predicted molar refractivity (Wildman–Crippen MR) is 63.3 cm³/mol. The number of hydrazine groups is 1. The van der Waals surface area contributed by atoms with Gasteiger partial charge in [0.2, 0.25) is 5.91 Å². The van der Waals surface area contributed by atoms with Crippen molar-refractivity contribution in [2.45, 2.75) is 33.2 Å². The maximum Gasteiger partial charge on any atom is 0.236 e. The molecule has 1 aromatic rings. The highest BCUT2D eigenvalue weighted by Crippen LogP contribution is 2.03. The van der Waals surface area contributed by atoms with Crippen molar-refractivity contribution in [3.8, 4) is 0 Å². The van der Waals surface area contributed by atoms with E-state index in [9.17, 15) is 4.79 Å². The van der Waals surface area contributed by atoms with Crippen LogP contribution >= 0.6 is 0 Å². The Morgan fingerprint density at radius 2 is 2.38 bits per heavy atom. The van der Waals surface area contributed by atoms with Crippen molar-refractivity contribution in [3.63, 3.8) is 0 Å². The summed E-state index contributed by atoms with van der Waals surface area (Å²) in [6.45, 7) is 4.61. The summed E-state index contributed by atoms with van der Waals surface area (Å²) in [7, 11) is 0. The SMILES string of the molecule is CCCC(C)C(=O)NNCc1cccnc1. The van der Waals surface area contributed by atoms with Crippen LogP contribution in [0.4, 0.5) is 0 Å². The molecule has 2 N–H and O–H groups in total. The van der Waals surface area contributed by atoms with Crippen molar-refractivity contribution in [2.24, 2.45) is 5.92 Å². The van der Waals surface area contributed by atoms with E-state index in [1.54, 1.807) is 12.4 Å². The molecule has 1 atom stereocenters. The van der Waals surface area contributed by atoms with Crippen LogP contribution < -0.4 is 10.9 Å². The van der Waals surface area contributed by atoms with Crippen LogP contribution in [0.2, 0.25) is 0 Å². The van der Waals surface area contributed by atoms with Crippen molar-refractivity contribution in [3.05, 3.63) is 30.1 Å². The summed E-state index contributed by atoms with van der Waals surface area (Å²) < 4.78 is 0. The number of carbonyl (C=O) groups excluding carboxylic acids is 1. The minimum Gasteiger partial charge on any atom is -0.291 e. The third kappa shape index (κ3) is 4.40. The van der Waals surface area contributed by atoms with E-state index in [0.717, 1.165) is 18.4 Å². The third-order valence-corrected chi connectivity index (χ3v) is 2.40. The standard InChI is InChI=1S/C12H19N3O/c1-3-5-10(2)12(16)15-14-9-11-6-4-7-13-8-11/h4,6-8,10,14H,3,5,9H2,1-2H3,(H,15,16). The number of aromatic nitrogens is 1. The first kappa shape index (κ1) is 12.6. The molecule has 1 aromatic heterocycles. The lowest BCUT2D eigenvalue weighted by molar-refractivity contribution is -0.125. The molecule has 1 unspecified atom stereocenters. The zero-order valence-corrected chi connectivity index (χ0v) is 9.86. The Kier molecular flexibility index (Phi) is 5.50.